The Morgan fingerprint density at radius 3 is 2.59 bits per heavy atom. The number of imidazole rings is 1. The first-order chi connectivity index (χ1) is 15.4. The number of carbonyl (C=O) groups is 2. The van der Waals surface area contributed by atoms with E-state index in [9.17, 15) is 14.4 Å². The second kappa shape index (κ2) is 8.43. The molecule has 0 radical (unpaired) electrons. The molecule has 4 aromatic rings. The number of H-pyrrole nitrogens is 1. The van der Waals surface area contributed by atoms with Crippen molar-refractivity contribution in [1.82, 2.24) is 34.2 Å². The summed E-state index contributed by atoms with van der Waals surface area (Å²) in [5.41, 5.74) is 1.28. The Morgan fingerprint density at radius 1 is 1.19 bits per heavy atom. The van der Waals surface area contributed by atoms with Crippen LogP contribution in [0.4, 0.5) is 0 Å². The predicted molar refractivity (Wildman–Crippen MR) is 112 cm³/mol. The summed E-state index contributed by atoms with van der Waals surface area (Å²) in [5, 5.41) is 21.9. The number of aromatic amines is 1. The lowest BCUT2D eigenvalue weighted by Gasteiger charge is -2.15. The van der Waals surface area contributed by atoms with Crippen LogP contribution in [0.5, 0.6) is 0 Å². The number of aromatic nitrogens is 6. The van der Waals surface area contributed by atoms with E-state index >= 15 is 0 Å². The van der Waals surface area contributed by atoms with Gasteiger partial charge in [0.2, 0.25) is 5.95 Å². The third-order valence-corrected chi connectivity index (χ3v) is 4.85. The first-order valence-electron chi connectivity index (χ1n) is 9.56. The number of aliphatic hydroxyl groups is 1. The molecular weight excluding hydrogens is 418 g/mol. The molecule has 32 heavy (non-hydrogen) atoms. The van der Waals surface area contributed by atoms with Crippen LogP contribution in [0.1, 0.15) is 26.3 Å². The average molecular weight is 437 g/mol. The maximum atomic E-state index is 12.7. The summed E-state index contributed by atoms with van der Waals surface area (Å²) >= 11 is 0. The van der Waals surface area contributed by atoms with Crippen molar-refractivity contribution < 1.29 is 19.8 Å². The monoisotopic (exact) mass is 437 g/mol. The van der Waals surface area contributed by atoms with Crippen molar-refractivity contribution in [3.63, 3.8) is 0 Å². The van der Waals surface area contributed by atoms with E-state index in [0.717, 1.165) is 16.4 Å². The summed E-state index contributed by atoms with van der Waals surface area (Å²) in [7, 11) is 1.61. The molecule has 3 aromatic heterocycles. The zero-order chi connectivity index (χ0) is 22.8. The number of likely N-dealkylation sites (N-methyl/N-ethyl adjacent to an activating group) is 1. The van der Waals surface area contributed by atoms with E-state index in [0.29, 0.717) is 12.1 Å². The van der Waals surface area contributed by atoms with Gasteiger partial charge in [-0.3, -0.25) is 14.6 Å². The van der Waals surface area contributed by atoms with Crippen LogP contribution in [-0.4, -0.2) is 76.5 Å². The van der Waals surface area contributed by atoms with Crippen LogP contribution in [0, 0.1) is 0 Å². The van der Waals surface area contributed by atoms with Gasteiger partial charge in [-0.25, -0.2) is 14.5 Å². The zero-order valence-corrected chi connectivity index (χ0v) is 17.0. The van der Waals surface area contributed by atoms with Crippen LogP contribution in [0.3, 0.4) is 0 Å². The standard InChI is InChI=1S/C20H19N7O5/c1-25(6-7-28)18(30)13-4-2-12(3-5-13)9-26-11-21-16-15(26)17(29)24-20(23-16)27-10-14(8-22-27)19(31)32/h2-5,8,10-11,28H,6-7,9H2,1H3,(H,31,32)(H,23,24,29). The van der Waals surface area contributed by atoms with Gasteiger partial charge in [0, 0.05) is 31.9 Å². The van der Waals surface area contributed by atoms with E-state index in [2.05, 4.69) is 20.1 Å². The minimum Gasteiger partial charge on any atom is -0.478 e. The highest BCUT2D eigenvalue weighted by Gasteiger charge is 2.15. The zero-order valence-electron chi connectivity index (χ0n) is 17.0. The van der Waals surface area contributed by atoms with Crippen LogP contribution in [0.25, 0.3) is 17.1 Å². The SMILES string of the molecule is CN(CCO)C(=O)c1ccc(Cn2cnc3nc(-n4cc(C(=O)O)cn4)[nH]c(=O)c32)cc1. The van der Waals surface area contributed by atoms with Gasteiger partial charge in [0.25, 0.3) is 11.5 Å². The Morgan fingerprint density at radius 2 is 1.94 bits per heavy atom. The summed E-state index contributed by atoms with van der Waals surface area (Å²) < 4.78 is 2.79. The molecular formula is C20H19N7O5. The van der Waals surface area contributed by atoms with Crippen molar-refractivity contribution in [3.8, 4) is 5.95 Å². The van der Waals surface area contributed by atoms with Gasteiger partial charge in [-0.05, 0) is 17.7 Å². The number of nitrogens with one attached hydrogen (secondary N) is 1. The molecule has 0 aliphatic rings. The van der Waals surface area contributed by atoms with E-state index in [1.54, 1.807) is 35.9 Å². The molecule has 0 saturated heterocycles. The third-order valence-electron chi connectivity index (χ3n) is 4.85. The molecule has 0 aliphatic heterocycles. The van der Waals surface area contributed by atoms with Crippen LogP contribution >= 0.6 is 0 Å². The van der Waals surface area contributed by atoms with Crippen LogP contribution in [0.15, 0.2) is 47.8 Å². The number of carboxylic acid groups (broad SMARTS) is 1. The number of fused-ring (bicyclic) bond motifs is 1. The molecule has 0 spiro atoms. The predicted octanol–water partition coefficient (Wildman–Crippen LogP) is 0.116. The van der Waals surface area contributed by atoms with Gasteiger partial charge in [-0.1, -0.05) is 12.1 Å². The largest absolute Gasteiger partial charge is 0.478 e. The van der Waals surface area contributed by atoms with E-state index in [1.165, 1.54) is 17.4 Å². The van der Waals surface area contributed by atoms with Crippen LogP contribution < -0.4 is 5.56 Å². The maximum Gasteiger partial charge on any atom is 0.338 e. The van der Waals surface area contributed by atoms with Crippen molar-refractivity contribution in [3.05, 3.63) is 70.0 Å². The highest BCUT2D eigenvalue weighted by molar-refractivity contribution is 5.94. The number of rotatable bonds is 7. The molecule has 3 heterocycles. The number of amides is 1. The lowest BCUT2D eigenvalue weighted by molar-refractivity contribution is 0.0696. The quantitative estimate of drug-likeness (QED) is 0.367. The molecule has 0 bridgehead atoms. The molecule has 0 unspecified atom stereocenters. The van der Waals surface area contributed by atoms with Gasteiger partial charge in [0.05, 0.1) is 24.7 Å². The van der Waals surface area contributed by atoms with Crippen molar-refractivity contribution in [1.29, 1.82) is 0 Å². The fraction of sp³-hybridized carbons (Fsp3) is 0.200. The van der Waals surface area contributed by atoms with Gasteiger partial charge in [-0.15, -0.1) is 0 Å². The van der Waals surface area contributed by atoms with Crippen molar-refractivity contribution in [2.75, 3.05) is 20.2 Å². The molecule has 1 aromatic carbocycles. The third kappa shape index (κ3) is 3.98. The van der Waals surface area contributed by atoms with E-state index in [4.69, 9.17) is 10.2 Å². The number of carbonyl (C=O) groups excluding carboxylic acids is 1. The fourth-order valence-electron chi connectivity index (χ4n) is 3.17. The number of carboxylic acids is 1. The van der Waals surface area contributed by atoms with E-state index in [-0.39, 0.29) is 41.7 Å². The van der Waals surface area contributed by atoms with E-state index < -0.39 is 11.5 Å². The highest BCUT2D eigenvalue weighted by Crippen LogP contribution is 2.13. The first kappa shape index (κ1) is 20.9. The second-order valence-electron chi connectivity index (χ2n) is 7.06. The summed E-state index contributed by atoms with van der Waals surface area (Å²) in [6.45, 7) is 0.460. The molecule has 12 nitrogen and oxygen atoms in total. The van der Waals surface area contributed by atoms with Crippen molar-refractivity contribution in [2.45, 2.75) is 6.54 Å². The summed E-state index contributed by atoms with van der Waals surface area (Å²) in [5.74, 6) is -1.29. The Hall–Kier alpha value is -4.32. The molecule has 0 saturated carbocycles. The number of hydrogen-bond donors (Lipinski definition) is 3. The molecule has 3 N–H and O–H groups in total. The molecule has 1 amide bonds. The molecule has 12 heteroatoms. The summed E-state index contributed by atoms with van der Waals surface area (Å²) in [6, 6.07) is 6.92. The molecule has 0 aliphatic carbocycles. The summed E-state index contributed by atoms with van der Waals surface area (Å²) in [6.07, 6.45) is 3.88. The lowest BCUT2D eigenvalue weighted by atomic mass is 10.1. The van der Waals surface area contributed by atoms with Gasteiger partial charge in [0.1, 0.15) is 0 Å². The number of aromatic carboxylic acids is 1. The Labute approximate surface area is 180 Å². The number of benzene rings is 1. The Kier molecular flexibility index (Phi) is 5.52. The second-order valence-corrected chi connectivity index (χ2v) is 7.06. The Balaban J connectivity index is 1.58. The van der Waals surface area contributed by atoms with Crippen molar-refractivity contribution in [2.24, 2.45) is 0 Å². The Bertz CT molecular complexity index is 1350. The molecule has 164 valence electrons. The normalized spacial score (nSPS) is 11.1. The first-order valence-corrected chi connectivity index (χ1v) is 9.56. The fourth-order valence-corrected chi connectivity index (χ4v) is 3.17. The molecule has 0 fully saturated rings. The lowest BCUT2D eigenvalue weighted by Crippen LogP contribution is -2.29. The van der Waals surface area contributed by atoms with Gasteiger partial charge in [-0.2, -0.15) is 10.1 Å². The van der Waals surface area contributed by atoms with E-state index in [1.807, 2.05) is 0 Å². The summed E-state index contributed by atoms with van der Waals surface area (Å²) in [4.78, 5) is 48.5. The molecule has 4 rings (SSSR count). The maximum absolute atomic E-state index is 12.7. The van der Waals surface area contributed by atoms with Gasteiger partial charge in [0.15, 0.2) is 11.2 Å². The van der Waals surface area contributed by atoms with Gasteiger partial charge < -0.3 is 19.7 Å². The molecule has 0 atom stereocenters. The topological polar surface area (TPSA) is 159 Å². The minimum atomic E-state index is -1.14. The van der Waals surface area contributed by atoms with Crippen LogP contribution in [0.2, 0.25) is 0 Å². The number of aliphatic hydroxyl groups excluding tert-OH is 1. The van der Waals surface area contributed by atoms with Crippen molar-refractivity contribution >= 4 is 23.0 Å². The van der Waals surface area contributed by atoms with Crippen LogP contribution in [-0.2, 0) is 6.54 Å². The number of nitrogens with zero attached hydrogens (tertiary/aromatic N) is 6. The average Bonchev–Trinajstić information content (AvgIpc) is 3.42. The highest BCUT2D eigenvalue weighted by atomic mass is 16.4. The number of hydrogen-bond acceptors (Lipinski definition) is 7. The smallest absolute Gasteiger partial charge is 0.338 e. The minimum absolute atomic E-state index is 0.0391. The van der Waals surface area contributed by atoms with Gasteiger partial charge >= 0.3 is 5.97 Å².